The normalized spacial score (nSPS) is 24.1. The molecule has 0 heterocycles. The van der Waals surface area contributed by atoms with Crippen LogP contribution in [0.4, 0.5) is 8.78 Å². The molecular formula is C32H50F2O3. The topological polar surface area (TPSA) is 35.5 Å². The van der Waals surface area contributed by atoms with Crippen molar-refractivity contribution in [1.29, 1.82) is 0 Å². The fourth-order valence-electron chi connectivity index (χ4n) is 6.39. The first-order valence-electron chi connectivity index (χ1n) is 15.3. The van der Waals surface area contributed by atoms with Gasteiger partial charge in [0.15, 0.2) is 11.6 Å². The third-order valence-electron chi connectivity index (χ3n) is 8.79. The predicted molar refractivity (Wildman–Crippen MR) is 146 cm³/mol. The van der Waals surface area contributed by atoms with Crippen molar-refractivity contribution in [2.75, 3.05) is 6.61 Å². The lowest BCUT2D eigenvalue weighted by atomic mass is 9.70. The third kappa shape index (κ3) is 9.55. The van der Waals surface area contributed by atoms with Crippen LogP contribution in [0.3, 0.4) is 0 Å². The summed E-state index contributed by atoms with van der Waals surface area (Å²) in [4.78, 5) is 12.6. The van der Waals surface area contributed by atoms with Gasteiger partial charge < -0.3 is 9.47 Å². The predicted octanol–water partition coefficient (Wildman–Crippen LogP) is 9.81. The van der Waals surface area contributed by atoms with Crippen LogP contribution in [0.15, 0.2) is 12.1 Å². The molecule has 0 radical (unpaired) electrons. The third-order valence-corrected chi connectivity index (χ3v) is 8.79. The average molecular weight is 521 g/mol. The lowest BCUT2D eigenvalue weighted by Crippen LogP contribution is -2.30. The summed E-state index contributed by atoms with van der Waals surface area (Å²) in [5.41, 5.74) is -0.340. The number of unbranched alkanes of at least 4 members (excludes halogenated alkanes) is 7. The number of rotatable bonds is 15. The second kappa shape index (κ2) is 16.3. The van der Waals surface area contributed by atoms with Gasteiger partial charge in [0.05, 0.1) is 12.2 Å². The zero-order valence-corrected chi connectivity index (χ0v) is 23.4. The second-order valence-electron chi connectivity index (χ2n) is 11.6. The summed E-state index contributed by atoms with van der Waals surface area (Å²) < 4.78 is 40.3. The van der Waals surface area contributed by atoms with E-state index in [1.807, 2.05) is 0 Å². The Labute approximate surface area is 224 Å². The number of esters is 1. The first kappa shape index (κ1) is 29.9. The number of ether oxygens (including phenoxy) is 2. The number of hydrogen-bond acceptors (Lipinski definition) is 3. The van der Waals surface area contributed by atoms with E-state index in [-0.39, 0.29) is 17.4 Å². The Hall–Kier alpha value is -1.65. The van der Waals surface area contributed by atoms with E-state index in [2.05, 4.69) is 13.8 Å². The zero-order chi connectivity index (χ0) is 26.5. The Morgan fingerprint density at radius 2 is 1.35 bits per heavy atom. The molecule has 5 heteroatoms. The molecule has 2 fully saturated rings. The molecule has 0 unspecified atom stereocenters. The van der Waals surface area contributed by atoms with Gasteiger partial charge in [-0.15, -0.1) is 0 Å². The van der Waals surface area contributed by atoms with Gasteiger partial charge in [0.2, 0.25) is 5.82 Å². The first-order valence-corrected chi connectivity index (χ1v) is 15.3. The molecule has 0 N–H and O–H groups in total. The van der Waals surface area contributed by atoms with Crippen LogP contribution < -0.4 is 4.74 Å². The molecule has 2 saturated carbocycles. The molecule has 3 nitrogen and oxygen atoms in total. The van der Waals surface area contributed by atoms with Crippen molar-refractivity contribution < 1.29 is 23.0 Å². The van der Waals surface area contributed by atoms with E-state index in [1.165, 1.54) is 82.8 Å². The average Bonchev–Trinajstić information content (AvgIpc) is 2.91. The maximum atomic E-state index is 14.7. The highest BCUT2D eigenvalue weighted by Gasteiger charge is 2.32. The van der Waals surface area contributed by atoms with Crippen LogP contribution in [0.5, 0.6) is 5.75 Å². The van der Waals surface area contributed by atoms with Crippen molar-refractivity contribution >= 4 is 5.97 Å². The highest BCUT2D eigenvalue weighted by atomic mass is 19.2. The number of carbonyl (C=O) groups excluding carboxylic acids is 1. The molecule has 0 spiro atoms. The summed E-state index contributed by atoms with van der Waals surface area (Å²) in [6, 6.07) is 2.64. The monoisotopic (exact) mass is 520 g/mol. The summed E-state index contributed by atoms with van der Waals surface area (Å²) >= 11 is 0. The highest BCUT2D eigenvalue weighted by molar-refractivity contribution is 5.90. The van der Waals surface area contributed by atoms with Crippen LogP contribution >= 0.6 is 0 Å². The van der Waals surface area contributed by atoms with E-state index in [4.69, 9.17) is 9.47 Å². The van der Waals surface area contributed by atoms with E-state index in [0.29, 0.717) is 12.5 Å². The molecule has 1 aromatic carbocycles. The Kier molecular flexibility index (Phi) is 13.2. The van der Waals surface area contributed by atoms with Gasteiger partial charge in [-0.05, 0) is 74.8 Å². The molecule has 0 aliphatic heterocycles. The van der Waals surface area contributed by atoms with Crippen LogP contribution in [0, 0.1) is 29.4 Å². The summed E-state index contributed by atoms with van der Waals surface area (Å²) in [5, 5.41) is 0. The number of carbonyl (C=O) groups is 1. The van der Waals surface area contributed by atoms with Crippen molar-refractivity contribution in [1.82, 2.24) is 0 Å². The van der Waals surface area contributed by atoms with E-state index < -0.39 is 17.6 Å². The van der Waals surface area contributed by atoms with Gasteiger partial charge in [0, 0.05) is 0 Å². The van der Waals surface area contributed by atoms with Gasteiger partial charge in [-0.1, -0.05) is 84.5 Å². The van der Waals surface area contributed by atoms with Crippen molar-refractivity contribution in [3.63, 3.8) is 0 Å². The SMILES string of the molecule is CCCCCCCCOc1ccc(C(=O)OC2CCC(C3CCC(CCCCC)CC3)CC2)c(F)c1F. The van der Waals surface area contributed by atoms with Gasteiger partial charge in [-0.2, -0.15) is 4.39 Å². The Balaban J connectivity index is 1.38. The largest absolute Gasteiger partial charge is 0.490 e. The maximum Gasteiger partial charge on any atom is 0.341 e. The minimum atomic E-state index is -1.17. The van der Waals surface area contributed by atoms with E-state index >= 15 is 0 Å². The number of halogens is 2. The molecule has 3 rings (SSSR count). The minimum absolute atomic E-state index is 0.136. The van der Waals surface area contributed by atoms with E-state index in [1.54, 1.807) is 0 Å². The lowest BCUT2D eigenvalue weighted by Gasteiger charge is -2.37. The zero-order valence-electron chi connectivity index (χ0n) is 23.4. The second-order valence-corrected chi connectivity index (χ2v) is 11.6. The van der Waals surface area contributed by atoms with Gasteiger partial charge in [-0.3, -0.25) is 0 Å². The maximum absolute atomic E-state index is 14.7. The van der Waals surface area contributed by atoms with Gasteiger partial charge in [0.25, 0.3) is 0 Å². The molecule has 210 valence electrons. The lowest BCUT2D eigenvalue weighted by molar-refractivity contribution is 0.0104. The van der Waals surface area contributed by atoms with E-state index in [0.717, 1.165) is 56.8 Å². The molecule has 2 aliphatic carbocycles. The fourth-order valence-corrected chi connectivity index (χ4v) is 6.39. The molecule has 0 atom stereocenters. The van der Waals surface area contributed by atoms with Crippen molar-refractivity contribution in [3.8, 4) is 5.75 Å². The summed E-state index contributed by atoms with van der Waals surface area (Å²) in [7, 11) is 0. The molecule has 37 heavy (non-hydrogen) atoms. The van der Waals surface area contributed by atoms with Crippen molar-refractivity contribution in [2.24, 2.45) is 17.8 Å². The molecule has 0 amide bonds. The smallest absolute Gasteiger partial charge is 0.341 e. The number of hydrogen-bond donors (Lipinski definition) is 0. The van der Waals surface area contributed by atoms with Crippen LogP contribution in [-0.2, 0) is 4.74 Å². The number of benzene rings is 1. The fraction of sp³-hybridized carbons (Fsp3) is 0.781. The van der Waals surface area contributed by atoms with Gasteiger partial charge in [0.1, 0.15) is 6.10 Å². The summed E-state index contributed by atoms with van der Waals surface area (Å²) in [5.74, 6) is -0.747. The van der Waals surface area contributed by atoms with Crippen molar-refractivity contribution in [3.05, 3.63) is 29.3 Å². The molecule has 2 aliphatic rings. The Morgan fingerprint density at radius 1 is 0.757 bits per heavy atom. The standard InChI is InChI=1S/C32H50F2O3/c1-3-5-7-8-9-11-23-36-29-22-21-28(30(33)31(29)34)32(35)37-27-19-17-26(18-20-27)25-15-13-24(14-16-25)12-10-6-4-2/h21-22,24-27H,3-20,23H2,1-2H3. The van der Waals surface area contributed by atoms with Crippen LogP contribution in [0.1, 0.15) is 140 Å². The van der Waals surface area contributed by atoms with Crippen molar-refractivity contribution in [2.45, 2.75) is 136 Å². The highest BCUT2D eigenvalue weighted by Crippen LogP contribution is 2.41. The quantitative estimate of drug-likeness (QED) is 0.170. The summed E-state index contributed by atoms with van der Waals surface area (Å²) in [6.07, 6.45) is 20.9. The van der Waals surface area contributed by atoms with Crippen LogP contribution in [0.2, 0.25) is 0 Å². The summed E-state index contributed by atoms with van der Waals surface area (Å²) in [6.45, 7) is 4.78. The molecule has 0 aromatic heterocycles. The molecule has 0 saturated heterocycles. The first-order chi connectivity index (χ1) is 18.0. The van der Waals surface area contributed by atoms with Gasteiger partial charge in [-0.25, -0.2) is 9.18 Å². The molecular weight excluding hydrogens is 470 g/mol. The van der Waals surface area contributed by atoms with Gasteiger partial charge >= 0.3 is 5.97 Å². The molecule has 1 aromatic rings. The van der Waals surface area contributed by atoms with Crippen LogP contribution in [0.25, 0.3) is 0 Å². The Bertz CT molecular complexity index is 795. The Morgan fingerprint density at radius 3 is 2.03 bits per heavy atom. The van der Waals surface area contributed by atoms with E-state index in [9.17, 15) is 13.6 Å². The molecule has 0 bridgehead atoms. The van der Waals surface area contributed by atoms with Crippen LogP contribution in [-0.4, -0.2) is 18.7 Å². The minimum Gasteiger partial charge on any atom is -0.490 e.